The Morgan fingerprint density at radius 2 is 0.360 bits per heavy atom. The van der Waals surface area contributed by atoms with Crippen molar-refractivity contribution in [3.8, 4) is 68.2 Å². The van der Waals surface area contributed by atoms with Crippen molar-refractivity contribution in [2.24, 2.45) is 0 Å². The summed E-state index contributed by atoms with van der Waals surface area (Å²) in [5, 5.41) is 4.32. The summed E-state index contributed by atoms with van der Waals surface area (Å²) in [4.78, 5) is 0. The first kappa shape index (κ1) is 63.1. The Kier molecular flexibility index (Phi) is 16.4. The van der Waals surface area contributed by atoms with Gasteiger partial charge in [-0.25, -0.2) is 0 Å². The van der Waals surface area contributed by atoms with Crippen molar-refractivity contribution in [2.75, 3.05) is 0 Å². The molecule has 0 saturated carbocycles. The fourth-order valence-electron chi connectivity index (χ4n) is 11.5. The lowest BCUT2D eigenvalue weighted by Gasteiger charge is -2.25. The molecule has 0 fully saturated rings. The van der Waals surface area contributed by atoms with Crippen molar-refractivity contribution >= 4 is 21.5 Å². The third-order valence-electron chi connectivity index (χ3n) is 17.6. The molecule has 0 unspecified atom stereocenters. The first-order valence-corrected chi connectivity index (χ1v) is 31.6. The molecule has 0 aromatic heterocycles. The van der Waals surface area contributed by atoms with Crippen molar-refractivity contribution in [3.05, 3.63) is 224 Å². The highest BCUT2D eigenvalue weighted by Crippen LogP contribution is 2.46. The highest BCUT2D eigenvalue weighted by Gasteiger charge is 2.26. The second-order valence-corrected chi connectivity index (χ2v) is 33.0. The van der Waals surface area contributed by atoms with Crippen molar-refractivity contribution in [2.45, 2.75) is 209 Å². The lowest BCUT2D eigenvalue weighted by atomic mass is 9.79. The first-order chi connectivity index (χ1) is 39.6. The molecule has 9 rings (SSSR count). The zero-order valence-electron chi connectivity index (χ0n) is 57.0. The Hall–Kier alpha value is -7.38. The van der Waals surface area contributed by atoms with E-state index in [2.05, 4.69) is 348 Å². The molecular weight excluding hydrogens is 1030 g/mol. The Labute approximate surface area is 520 Å². The standard InChI is InChI=1S/C86H98/c1-79(2,3)61-35-27-57(28-36-61)71-51-75-69(43-25-55-45-65(83(13,14)15)49-66(46-55)84(16,17)18)77-53-73(59-31-39-63(40-32-59)81(7,8)9)74(60-33-41-64(42-34-60)82(10,11)12)54-78(77)70(76(75)52-72(71)58-29-37-62(38-30-58)80(4,5)6)44-26-56-47-67(85(19,20)21)50-68(48-56)86(22,23)24/h27-42,45-54H,1-24H3. The minimum atomic E-state index is -0.0741. The van der Waals surface area contributed by atoms with Gasteiger partial charge in [0.2, 0.25) is 0 Å². The summed E-state index contributed by atoms with van der Waals surface area (Å²) >= 11 is 0. The van der Waals surface area contributed by atoms with Crippen LogP contribution in [0.25, 0.3) is 66.1 Å². The quantitative estimate of drug-likeness (QED) is 0.122. The van der Waals surface area contributed by atoms with Gasteiger partial charge in [-0.1, -0.05) is 299 Å². The van der Waals surface area contributed by atoms with Gasteiger partial charge < -0.3 is 0 Å². The van der Waals surface area contributed by atoms with Gasteiger partial charge in [0.15, 0.2) is 0 Å². The van der Waals surface area contributed by atoms with Crippen LogP contribution in [-0.2, 0) is 43.3 Å². The largest absolute Gasteiger partial charge is 0.0616 e. The molecule has 0 spiro atoms. The van der Waals surface area contributed by atoms with Crippen LogP contribution in [0.2, 0.25) is 0 Å². The Morgan fingerprint density at radius 1 is 0.186 bits per heavy atom. The zero-order valence-corrected chi connectivity index (χ0v) is 57.0. The van der Waals surface area contributed by atoms with Crippen LogP contribution in [0.5, 0.6) is 0 Å². The lowest BCUT2D eigenvalue weighted by Crippen LogP contribution is -2.16. The van der Waals surface area contributed by atoms with E-state index in [-0.39, 0.29) is 43.3 Å². The number of rotatable bonds is 4. The van der Waals surface area contributed by atoms with Gasteiger partial charge in [-0.2, -0.15) is 0 Å². The number of fused-ring (bicyclic) bond motifs is 2. The zero-order chi connectivity index (χ0) is 63.1. The van der Waals surface area contributed by atoms with Crippen molar-refractivity contribution < 1.29 is 0 Å². The predicted molar refractivity (Wildman–Crippen MR) is 378 cm³/mol. The van der Waals surface area contributed by atoms with Gasteiger partial charge >= 0.3 is 0 Å². The molecule has 0 N–H and O–H groups in total. The van der Waals surface area contributed by atoms with Gasteiger partial charge in [-0.15, -0.1) is 0 Å². The average molecular weight is 1130 g/mol. The van der Waals surface area contributed by atoms with Crippen LogP contribution >= 0.6 is 0 Å². The second-order valence-electron chi connectivity index (χ2n) is 33.0. The molecule has 0 aliphatic carbocycles. The first-order valence-electron chi connectivity index (χ1n) is 31.6. The summed E-state index contributed by atoms with van der Waals surface area (Å²) in [6.07, 6.45) is 0. The maximum absolute atomic E-state index is 4.04. The van der Waals surface area contributed by atoms with E-state index in [1.807, 2.05) is 0 Å². The van der Waals surface area contributed by atoms with Crippen LogP contribution < -0.4 is 0 Å². The summed E-state index contributed by atoms with van der Waals surface area (Å²) in [6.45, 7) is 55.2. The van der Waals surface area contributed by atoms with E-state index in [9.17, 15) is 0 Å². The molecule has 0 radical (unpaired) electrons. The molecule has 0 aliphatic rings. The molecule has 0 bridgehead atoms. The number of hydrogen-bond donors (Lipinski definition) is 0. The molecule has 0 amide bonds. The van der Waals surface area contributed by atoms with Crippen LogP contribution in [0.3, 0.4) is 0 Å². The molecular formula is C86H98. The minimum absolute atomic E-state index is 0.00176. The maximum atomic E-state index is 4.04. The molecule has 9 aromatic rings. The van der Waals surface area contributed by atoms with Gasteiger partial charge in [-0.3, -0.25) is 0 Å². The third-order valence-corrected chi connectivity index (χ3v) is 17.6. The smallest absolute Gasteiger partial charge is 0.0407 e. The van der Waals surface area contributed by atoms with Crippen LogP contribution in [0.1, 0.15) is 233 Å². The van der Waals surface area contributed by atoms with Crippen molar-refractivity contribution in [1.29, 1.82) is 0 Å². The summed E-state index contributed by atoms with van der Waals surface area (Å²) in [7, 11) is 0. The van der Waals surface area contributed by atoms with Crippen LogP contribution in [-0.4, -0.2) is 0 Å². The summed E-state index contributed by atoms with van der Waals surface area (Å²) in [6, 6.07) is 61.2. The second kappa shape index (κ2) is 22.4. The van der Waals surface area contributed by atoms with E-state index < -0.39 is 0 Å². The fourth-order valence-corrected chi connectivity index (χ4v) is 11.5. The van der Waals surface area contributed by atoms with E-state index in [1.165, 1.54) is 44.5 Å². The summed E-state index contributed by atoms with van der Waals surface area (Å²) in [5.41, 5.74) is 23.4. The normalized spacial score (nSPS) is 12.9. The van der Waals surface area contributed by atoms with Gasteiger partial charge in [0.25, 0.3) is 0 Å². The highest BCUT2D eigenvalue weighted by molar-refractivity contribution is 6.15. The van der Waals surface area contributed by atoms with E-state index in [1.54, 1.807) is 0 Å². The minimum Gasteiger partial charge on any atom is -0.0616 e. The molecule has 0 heteroatoms. The molecule has 0 heterocycles. The predicted octanol–water partition coefficient (Wildman–Crippen LogP) is 23.8. The van der Waals surface area contributed by atoms with E-state index in [4.69, 9.17) is 0 Å². The van der Waals surface area contributed by atoms with Crippen LogP contribution in [0.4, 0.5) is 0 Å². The Balaban J connectivity index is 1.53. The van der Waals surface area contributed by atoms with Gasteiger partial charge in [0, 0.05) is 22.3 Å². The Morgan fingerprint density at radius 3 is 0.523 bits per heavy atom. The SMILES string of the molecule is CC(C)(C)c1ccc(-c2cc3c(C#Cc4cc(C(C)(C)C)cc(C(C)(C)C)c4)c4cc(-c5ccc(C(C)(C)C)cc5)c(-c5ccc(C(C)(C)C)cc5)cc4c(C#Cc4cc(C(C)(C)C)cc(C(C)(C)C)c4)c3cc2-c2ccc(C(C)(C)C)cc2)cc1. The molecule has 9 aromatic carbocycles. The monoisotopic (exact) mass is 1130 g/mol. The average Bonchev–Trinajstić information content (AvgIpc) is 0.775. The molecule has 0 atom stereocenters. The Bertz CT molecular complexity index is 3620. The molecule has 0 aliphatic heterocycles. The summed E-state index contributed by atoms with van der Waals surface area (Å²) in [5.74, 6) is 15.9. The molecule has 442 valence electrons. The summed E-state index contributed by atoms with van der Waals surface area (Å²) < 4.78 is 0. The van der Waals surface area contributed by atoms with Crippen molar-refractivity contribution in [3.63, 3.8) is 0 Å². The van der Waals surface area contributed by atoms with E-state index >= 15 is 0 Å². The van der Waals surface area contributed by atoms with Gasteiger partial charge in [-0.05, 0) is 202 Å². The van der Waals surface area contributed by atoms with E-state index in [0.717, 1.165) is 88.3 Å². The maximum Gasteiger partial charge on any atom is 0.0407 e. The fraction of sp³-hybridized carbons (Fsp3) is 0.372. The highest BCUT2D eigenvalue weighted by atomic mass is 14.3. The van der Waals surface area contributed by atoms with Crippen LogP contribution in [0, 0.1) is 23.7 Å². The number of hydrogen-bond acceptors (Lipinski definition) is 0. The third kappa shape index (κ3) is 13.7. The molecule has 86 heavy (non-hydrogen) atoms. The molecule has 0 saturated heterocycles. The molecule has 0 nitrogen and oxygen atoms in total. The van der Waals surface area contributed by atoms with Crippen molar-refractivity contribution in [1.82, 2.24) is 0 Å². The van der Waals surface area contributed by atoms with Gasteiger partial charge in [0.05, 0.1) is 0 Å². The van der Waals surface area contributed by atoms with Gasteiger partial charge in [0.1, 0.15) is 0 Å². The lowest BCUT2D eigenvalue weighted by molar-refractivity contribution is 0.567. The topological polar surface area (TPSA) is 0 Å². The van der Waals surface area contributed by atoms with Crippen LogP contribution in [0.15, 0.2) is 158 Å². The van der Waals surface area contributed by atoms with E-state index in [0.29, 0.717) is 0 Å². The number of benzene rings is 9.